The van der Waals surface area contributed by atoms with Crippen molar-refractivity contribution in [2.24, 2.45) is 0 Å². The summed E-state index contributed by atoms with van der Waals surface area (Å²) in [4.78, 5) is 4.00. The van der Waals surface area contributed by atoms with Crippen LogP contribution in [0.15, 0.2) is 48.9 Å². The Morgan fingerprint density at radius 3 is 2.54 bits per heavy atom. The van der Waals surface area contributed by atoms with E-state index in [9.17, 15) is 0 Å². The van der Waals surface area contributed by atoms with Crippen LogP contribution in [0.5, 0.6) is 0 Å². The molecule has 0 saturated heterocycles. The van der Waals surface area contributed by atoms with Crippen molar-refractivity contribution in [2.75, 3.05) is 0 Å². The van der Waals surface area contributed by atoms with Gasteiger partial charge >= 0.3 is 0 Å². The zero-order valence-corrected chi connectivity index (χ0v) is 7.65. The largest absolute Gasteiger partial charge is 0.248 e. The quantitative estimate of drug-likeness (QED) is 0.498. The van der Waals surface area contributed by atoms with E-state index in [1.165, 1.54) is 0 Å². The Bertz CT molecular complexity index is 401. The van der Waals surface area contributed by atoms with Crippen molar-refractivity contribution < 1.29 is 4.57 Å². The summed E-state index contributed by atoms with van der Waals surface area (Å²) >= 11 is 5.93. The second-order valence-electron chi connectivity index (χ2n) is 2.60. The Balaban J connectivity index is 2.54. The molecule has 2 aromatic heterocycles. The number of pyridine rings is 2. The third kappa shape index (κ3) is 1.68. The van der Waals surface area contributed by atoms with Gasteiger partial charge in [-0.15, -0.1) is 0 Å². The van der Waals surface area contributed by atoms with Crippen molar-refractivity contribution in [1.29, 1.82) is 0 Å². The molecule has 0 aliphatic carbocycles. The summed E-state index contributed by atoms with van der Waals surface area (Å²) < 4.78 is 1.93. The first-order chi connectivity index (χ1) is 6.38. The van der Waals surface area contributed by atoms with E-state index in [0.29, 0.717) is 5.15 Å². The third-order valence-electron chi connectivity index (χ3n) is 1.73. The Morgan fingerprint density at radius 2 is 1.85 bits per heavy atom. The second-order valence-corrected chi connectivity index (χ2v) is 2.95. The summed E-state index contributed by atoms with van der Waals surface area (Å²) in [7, 11) is 0. The van der Waals surface area contributed by atoms with Gasteiger partial charge in [0.15, 0.2) is 12.4 Å². The van der Waals surface area contributed by atoms with E-state index in [0.717, 1.165) is 5.69 Å². The average Bonchev–Trinajstić information content (AvgIpc) is 2.20. The average molecular weight is 192 g/mol. The van der Waals surface area contributed by atoms with E-state index in [-0.39, 0.29) is 0 Å². The van der Waals surface area contributed by atoms with Crippen LogP contribution in [0, 0.1) is 0 Å². The fourth-order valence-corrected chi connectivity index (χ4v) is 1.35. The summed E-state index contributed by atoms with van der Waals surface area (Å²) in [6, 6.07) is 9.64. The number of halogens is 1. The molecule has 0 atom stereocenters. The van der Waals surface area contributed by atoms with Crippen molar-refractivity contribution in [3.05, 3.63) is 54.1 Å². The van der Waals surface area contributed by atoms with Crippen LogP contribution in [0.3, 0.4) is 0 Å². The lowest BCUT2D eigenvalue weighted by molar-refractivity contribution is -0.595. The topological polar surface area (TPSA) is 16.8 Å². The van der Waals surface area contributed by atoms with E-state index in [4.69, 9.17) is 11.6 Å². The molecule has 0 amide bonds. The maximum atomic E-state index is 5.93. The molecule has 13 heavy (non-hydrogen) atoms. The molecule has 0 bridgehead atoms. The minimum Gasteiger partial charge on any atom is -0.238 e. The van der Waals surface area contributed by atoms with Crippen LogP contribution in [0.4, 0.5) is 0 Å². The Kier molecular flexibility index (Phi) is 2.23. The van der Waals surface area contributed by atoms with Gasteiger partial charge in [-0.2, -0.15) is 4.57 Å². The molecule has 0 aliphatic heterocycles. The van der Waals surface area contributed by atoms with Gasteiger partial charge in [0.05, 0.1) is 0 Å². The summed E-state index contributed by atoms with van der Waals surface area (Å²) in [6.45, 7) is 0. The highest BCUT2D eigenvalue weighted by molar-refractivity contribution is 6.30. The Hall–Kier alpha value is -1.41. The molecule has 0 unspecified atom stereocenters. The molecule has 3 heteroatoms. The van der Waals surface area contributed by atoms with Gasteiger partial charge in [-0.25, -0.2) is 4.98 Å². The van der Waals surface area contributed by atoms with Crippen molar-refractivity contribution in [3.8, 4) is 5.69 Å². The number of hydrogen-bond donors (Lipinski definition) is 0. The molecule has 0 aromatic carbocycles. The Labute approximate surface area is 81.4 Å². The van der Waals surface area contributed by atoms with Crippen LogP contribution in [0.2, 0.25) is 5.15 Å². The SMILES string of the molecule is Clc1ncccc1-[n+]1ccccc1. The molecule has 2 aromatic rings. The van der Waals surface area contributed by atoms with Crippen LogP contribution >= 0.6 is 11.6 Å². The number of rotatable bonds is 1. The number of aromatic nitrogens is 2. The lowest BCUT2D eigenvalue weighted by Crippen LogP contribution is -2.29. The molecule has 0 fully saturated rings. The highest BCUT2D eigenvalue weighted by Gasteiger charge is 2.09. The Morgan fingerprint density at radius 1 is 1.08 bits per heavy atom. The molecule has 0 spiro atoms. The molecular formula is C10H8ClN2+. The first-order valence-electron chi connectivity index (χ1n) is 3.95. The highest BCUT2D eigenvalue weighted by Crippen LogP contribution is 2.10. The van der Waals surface area contributed by atoms with Crippen molar-refractivity contribution in [3.63, 3.8) is 0 Å². The van der Waals surface area contributed by atoms with Gasteiger partial charge in [-0.1, -0.05) is 17.7 Å². The monoisotopic (exact) mass is 191 g/mol. The summed E-state index contributed by atoms with van der Waals surface area (Å²) in [6.07, 6.45) is 5.54. The van der Waals surface area contributed by atoms with E-state index >= 15 is 0 Å². The molecule has 64 valence electrons. The number of nitrogens with zero attached hydrogens (tertiary/aromatic N) is 2. The summed E-state index contributed by atoms with van der Waals surface area (Å²) in [5, 5.41) is 0.513. The van der Waals surface area contributed by atoms with Gasteiger partial charge in [0, 0.05) is 24.4 Å². The van der Waals surface area contributed by atoms with Gasteiger partial charge in [0.25, 0.3) is 0 Å². The maximum Gasteiger partial charge on any atom is 0.248 e. The predicted octanol–water partition coefficient (Wildman–Crippen LogP) is 2.01. The molecule has 0 saturated carbocycles. The molecule has 2 heterocycles. The van der Waals surface area contributed by atoms with Crippen molar-refractivity contribution in [2.45, 2.75) is 0 Å². The van der Waals surface area contributed by atoms with Gasteiger partial charge in [-0.05, 0) is 6.07 Å². The summed E-state index contributed by atoms with van der Waals surface area (Å²) in [5.74, 6) is 0. The molecule has 2 nitrogen and oxygen atoms in total. The minimum absolute atomic E-state index is 0.513. The van der Waals surface area contributed by atoms with Gasteiger partial charge in [0.1, 0.15) is 0 Å². The van der Waals surface area contributed by atoms with Crippen LogP contribution < -0.4 is 4.57 Å². The van der Waals surface area contributed by atoms with Crippen LogP contribution in [0.1, 0.15) is 0 Å². The molecular weight excluding hydrogens is 184 g/mol. The molecule has 2 rings (SSSR count). The minimum atomic E-state index is 0.513. The number of hydrogen-bond acceptors (Lipinski definition) is 1. The standard InChI is InChI=1S/C10H8ClN2/c11-10-9(5-4-6-12-10)13-7-2-1-3-8-13/h1-8H/q+1. The van der Waals surface area contributed by atoms with E-state index < -0.39 is 0 Å². The zero-order valence-electron chi connectivity index (χ0n) is 6.89. The van der Waals surface area contributed by atoms with Crippen LogP contribution in [0.25, 0.3) is 5.69 Å². The van der Waals surface area contributed by atoms with E-state index in [1.54, 1.807) is 6.20 Å². The predicted molar refractivity (Wildman–Crippen MR) is 50.8 cm³/mol. The second kappa shape index (κ2) is 3.54. The summed E-state index contributed by atoms with van der Waals surface area (Å²) in [5.41, 5.74) is 0.893. The van der Waals surface area contributed by atoms with Gasteiger partial charge < -0.3 is 0 Å². The lowest BCUT2D eigenvalue weighted by atomic mass is 10.4. The van der Waals surface area contributed by atoms with E-state index in [1.807, 2.05) is 47.3 Å². The lowest BCUT2D eigenvalue weighted by Gasteiger charge is -1.95. The van der Waals surface area contributed by atoms with E-state index in [2.05, 4.69) is 4.98 Å². The van der Waals surface area contributed by atoms with Crippen LogP contribution in [-0.4, -0.2) is 4.98 Å². The maximum absolute atomic E-state index is 5.93. The molecule has 0 radical (unpaired) electrons. The molecule has 0 aliphatic rings. The fraction of sp³-hybridized carbons (Fsp3) is 0. The zero-order chi connectivity index (χ0) is 9.10. The van der Waals surface area contributed by atoms with Crippen molar-refractivity contribution in [1.82, 2.24) is 4.98 Å². The van der Waals surface area contributed by atoms with Gasteiger partial charge in [-0.3, -0.25) is 0 Å². The van der Waals surface area contributed by atoms with Gasteiger partial charge in [0.2, 0.25) is 10.8 Å². The first kappa shape index (κ1) is 8.20. The molecule has 0 N–H and O–H groups in total. The van der Waals surface area contributed by atoms with Crippen LogP contribution in [-0.2, 0) is 0 Å². The third-order valence-corrected chi connectivity index (χ3v) is 2.02. The first-order valence-corrected chi connectivity index (χ1v) is 4.33. The smallest absolute Gasteiger partial charge is 0.238 e. The fourth-order valence-electron chi connectivity index (χ4n) is 1.13. The normalized spacial score (nSPS) is 9.92. The highest BCUT2D eigenvalue weighted by atomic mass is 35.5. The van der Waals surface area contributed by atoms with Crippen molar-refractivity contribution >= 4 is 11.6 Å².